The molecule has 1 fully saturated rings. The molecule has 1 saturated heterocycles. The number of pyridine rings is 1. The zero-order valence-electron chi connectivity index (χ0n) is 13.8. The number of benzene rings is 1. The summed E-state index contributed by atoms with van der Waals surface area (Å²) < 4.78 is 5.74. The van der Waals surface area contributed by atoms with E-state index in [9.17, 15) is 4.79 Å². The molecule has 0 aliphatic carbocycles. The van der Waals surface area contributed by atoms with Gasteiger partial charge in [0.05, 0.1) is 11.7 Å². The standard InChI is InChI=1S/C18H19N5O2/c24-18(15-6-1-7-16-17(15)21-22-20-16)23(12-14-5-3-9-25-14)11-13-4-2-8-19-10-13/h1-2,4,6-8,10,14H,3,5,9,11-12H2,(H,20,21,22). The van der Waals surface area contributed by atoms with Gasteiger partial charge in [-0.3, -0.25) is 9.78 Å². The maximum atomic E-state index is 13.2. The Kier molecular flexibility index (Phi) is 4.39. The number of amides is 1. The molecule has 3 heterocycles. The van der Waals surface area contributed by atoms with Crippen LogP contribution in [-0.4, -0.2) is 50.5 Å². The molecule has 1 aliphatic heterocycles. The summed E-state index contributed by atoms with van der Waals surface area (Å²) in [5.41, 5.74) is 2.81. The fraction of sp³-hybridized carbons (Fsp3) is 0.333. The number of aromatic amines is 1. The zero-order valence-corrected chi connectivity index (χ0v) is 13.8. The van der Waals surface area contributed by atoms with Gasteiger partial charge in [0, 0.05) is 32.1 Å². The number of hydrogen-bond acceptors (Lipinski definition) is 5. The molecule has 0 radical (unpaired) electrons. The zero-order chi connectivity index (χ0) is 17.1. The molecule has 1 aromatic carbocycles. The molecule has 1 unspecified atom stereocenters. The second-order valence-electron chi connectivity index (χ2n) is 6.18. The summed E-state index contributed by atoms with van der Waals surface area (Å²) in [5, 5.41) is 10.8. The topological polar surface area (TPSA) is 84.0 Å². The minimum Gasteiger partial charge on any atom is -0.376 e. The highest BCUT2D eigenvalue weighted by Crippen LogP contribution is 2.20. The highest BCUT2D eigenvalue weighted by Gasteiger charge is 2.25. The monoisotopic (exact) mass is 337 g/mol. The molecule has 0 bridgehead atoms. The van der Waals surface area contributed by atoms with Crippen LogP contribution >= 0.6 is 0 Å². The van der Waals surface area contributed by atoms with Crippen molar-refractivity contribution in [3.63, 3.8) is 0 Å². The minimum absolute atomic E-state index is 0.0705. The van der Waals surface area contributed by atoms with Crippen LogP contribution in [0, 0.1) is 0 Å². The number of hydrogen-bond donors (Lipinski definition) is 1. The number of H-pyrrole nitrogens is 1. The molecule has 4 rings (SSSR count). The first-order chi connectivity index (χ1) is 12.3. The molecule has 1 N–H and O–H groups in total. The van der Waals surface area contributed by atoms with Crippen molar-refractivity contribution in [1.29, 1.82) is 0 Å². The Labute approximate surface area is 145 Å². The van der Waals surface area contributed by atoms with Crippen molar-refractivity contribution in [3.05, 3.63) is 53.9 Å². The quantitative estimate of drug-likeness (QED) is 0.771. The lowest BCUT2D eigenvalue weighted by Crippen LogP contribution is -2.37. The van der Waals surface area contributed by atoms with E-state index in [-0.39, 0.29) is 12.0 Å². The lowest BCUT2D eigenvalue weighted by atomic mass is 10.1. The molecule has 1 aliphatic rings. The Morgan fingerprint density at radius 1 is 1.28 bits per heavy atom. The van der Waals surface area contributed by atoms with Gasteiger partial charge in [0.2, 0.25) is 0 Å². The number of rotatable bonds is 5. The number of nitrogens with zero attached hydrogens (tertiary/aromatic N) is 4. The van der Waals surface area contributed by atoms with Crippen molar-refractivity contribution >= 4 is 16.9 Å². The summed E-state index contributed by atoms with van der Waals surface area (Å²) in [6.45, 7) is 1.81. The van der Waals surface area contributed by atoms with Gasteiger partial charge in [-0.15, -0.1) is 0 Å². The van der Waals surface area contributed by atoms with E-state index in [0.29, 0.717) is 29.7 Å². The van der Waals surface area contributed by atoms with Crippen LogP contribution in [0.5, 0.6) is 0 Å². The van der Waals surface area contributed by atoms with Crippen molar-refractivity contribution < 1.29 is 9.53 Å². The van der Waals surface area contributed by atoms with E-state index in [1.807, 2.05) is 29.2 Å². The largest absolute Gasteiger partial charge is 0.376 e. The average molecular weight is 337 g/mol. The highest BCUT2D eigenvalue weighted by molar-refractivity contribution is 6.04. The third-order valence-electron chi connectivity index (χ3n) is 4.41. The van der Waals surface area contributed by atoms with Crippen LogP contribution in [0.4, 0.5) is 0 Å². The van der Waals surface area contributed by atoms with E-state index in [1.54, 1.807) is 18.5 Å². The van der Waals surface area contributed by atoms with Gasteiger partial charge in [-0.2, -0.15) is 15.4 Å². The number of carbonyl (C=O) groups excluding carboxylic acids is 1. The number of fused-ring (bicyclic) bond motifs is 1. The third kappa shape index (κ3) is 3.36. The Morgan fingerprint density at radius 2 is 2.24 bits per heavy atom. The summed E-state index contributed by atoms with van der Waals surface area (Å²) in [4.78, 5) is 19.2. The van der Waals surface area contributed by atoms with Crippen LogP contribution < -0.4 is 0 Å². The summed E-state index contributed by atoms with van der Waals surface area (Å²) in [7, 11) is 0. The van der Waals surface area contributed by atoms with E-state index in [0.717, 1.165) is 25.0 Å². The van der Waals surface area contributed by atoms with Gasteiger partial charge in [0.25, 0.3) is 5.91 Å². The summed E-state index contributed by atoms with van der Waals surface area (Å²) in [6, 6.07) is 9.30. The second-order valence-corrected chi connectivity index (χ2v) is 6.18. The second kappa shape index (κ2) is 6.98. The van der Waals surface area contributed by atoms with Gasteiger partial charge in [-0.1, -0.05) is 12.1 Å². The van der Waals surface area contributed by atoms with Gasteiger partial charge >= 0.3 is 0 Å². The van der Waals surface area contributed by atoms with Gasteiger partial charge in [0.1, 0.15) is 11.0 Å². The van der Waals surface area contributed by atoms with Crippen LogP contribution in [-0.2, 0) is 11.3 Å². The Bertz CT molecular complexity index is 858. The van der Waals surface area contributed by atoms with Crippen molar-refractivity contribution in [2.24, 2.45) is 0 Å². The lowest BCUT2D eigenvalue weighted by Gasteiger charge is -2.25. The van der Waals surface area contributed by atoms with Crippen molar-refractivity contribution in [2.45, 2.75) is 25.5 Å². The molecule has 25 heavy (non-hydrogen) atoms. The van der Waals surface area contributed by atoms with Gasteiger partial charge < -0.3 is 9.64 Å². The predicted molar refractivity (Wildman–Crippen MR) is 91.8 cm³/mol. The highest BCUT2D eigenvalue weighted by atomic mass is 16.5. The molecule has 1 amide bonds. The maximum absolute atomic E-state index is 13.2. The number of aromatic nitrogens is 4. The Hall–Kier alpha value is -2.80. The molecule has 2 aromatic heterocycles. The van der Waals surface area contributed by atoms with Crippen molar-refractivity contribution in [1.82, 2.24) is 25.3 Å². The first-order valence-corrected chi connectivity index (χ1v) is 8.40. The van der Waals surface area contributed by atoms with E-state index < -0.39 is 0 Å². The average Bonchev–Trinajstić information content (AvgIpc) is 3.32. The molecule has 1 atom stereocenters. The van der Waals surface area contributed by atoms with Crippen molar-refractivity contribution in [2.75, 3.05) is 13.2 Å². The van der Waals surface area contributed by atoms with Gasteiger partial charge in [0.15, 0.2) is 0 Å². The van der Waals surface area contributed by atoms with E-state index in [2.05, 4.69) is 20.4 Å². The molecule has 3 aromatic rings. The number of ether oxygens (including phenoxy) is 1. The van der Waals surface area contributed by atoms with E-state index in [1.165, 1.54) is 0 Å². The van der Waals surface area contributed by atoms with Gasteiger partial charge in [-0.25, -0.2) is 0 Å². The van der Waals surface area contributed by atoms with Crippen LogP contribution in [0.25, 0.3) is 11.0 Å². The molecular weight excluding hydrogens is 318 g/mol. The minimum atomic E-state index is -0.0705. The van der Waals surface area contributed by atoms with Crippen LogP contribution in [0.15, 0.2) is 42.7 Å². The normalized spacial score (nSPS) is 17.0. The van der Waals surface area contributed by atoms with E-state index >= 15 is 0 Å². The summed E-state index contributed by atoms with van der Waals surface area (Å²) in [5.74, 6) is -0.0705. The number of nitrogens with one attached hydrogen (secondary N) is 1. The van der Waals surface area contributed by atoms with Crippen LogP contribution in [0.2, 0.25) is 0 Å². The molecule has 7 heteroatoms. The van der Waals surface area contributed by atoms with Crippen molar-refractivity contribution in [3.8, 4) is 0 Å². The molecular formula is C18H19N5O2. The smallest absolute Gasteiger partial charge is 0.256 e. The molecule has 0 saturated carbocycles. The molecule has 128 valence electrons. The first-order valence-electron chi connectivity index (χ1n) is 8.40. The fourth-order valence-electron chi connectivity index (χ4n) is 3.18. The summed E-state index contributed by atoms with van der Waals surface area (Å²) in [6.07, 6.45) is 5.61. The number of para-hydroxylation sites is 1. The van der Waals surface area contributed by atoms with Crippen LogP contribution in [0.1, 0.15) is 28.8 Å². The van der Waals surface area contributed by atoms with Crippen LogP contribution in [0.3, 0.4) is 0 Å². The van der Waals surface area contributed by atoms with E-state index in [4.69, 9.17) is 4.74 Å². The Morgan fingerprint density at radius 3 is 3.04 bits per heavy atom. The lowest BCUT2D eigenvalue weighted by molar-refractivity contribution is 0.0508. The third-order valence-corrected chi connectivity index (χ3v) is 4.41. The summed E-state index contributed by atoms with van der Waals surface area (Å²) >= 11 is 0. The first kappa shape index (κ1) is 15.7. The predicted octanol–water partition coefficient (Wildman–Crippen LogP) is 2.17. The Balaban J connectivity index is 1.63. The maximum Gasteiger partial charge on any atom is 0.256 e. The number of carbonyl (C=O) groups is 1. The molecule has 7 nitrogen and oxygen atoms in total. The fourth-order valence-corrected chi connectivity index (χ4v) is 3.18. The van der Waals surface area contributed by atoms with Gasteiger partial charge in [-0.05, 0) is 36.6 Å². The molecule has 0 spiro atoms. The SMILES string of the molecule is O=C(c1cccc2n[nH]nc12)N(Cc1cccnc1)CC1CCCO1.